The fraction of sp³-hybridized carbons (Fsp3) is 0.143. The van der Waals surface area contributed by atoms with Crippen LogP contribution in [0.5, 0.6) is 0 Å². The summed E-state index contributed by atoms with van der Waals surface area (Å²) in [5.74, 6) is 0. The standard InChI is InChI=1S/C21H21O4P.Na/c22-21(16-26(23,24)25-15-17-7-3-1-4-8-17)20-13-11-19(12-14-20)18-9-5-2-6-10-18;/h1-14,21-22H,15-16H2,(H,23,24);/q;+1/p-1. The van der Waals surface area contributed by atoms with E-state index in [9.17, 15) is 14.6 Å². The molecule has 1 N–H and O–H groups in total. The summed E-state index contributed by atoms with van der Waals surface area (Å²) in [5, 5.41) is 10.3. The Morgan fingerprint density at radius 1 is 0.852 bits per heavy atom. The molecule has 0 amide bonds. The zero-order chi connectivity index (χ0) is 18.4. The molecule has 4 nitrogen and oxygen atoms in total. The Balaban J connectivity index is 0.00000261. The van der Waals surface area contributed by atoms with E-state index in [1.807, 2.05) is 60.7 Å². The maximum Gasteiger partial charge on any atom is 1.00 e. The average molecular weight is 390 g/mol. The molecule has 3 rings (SSSR count). The number of hydrogen-bond acceptors (Lipinski definition) is 4. The van der Waals surface area contributed by atoms with Gasteiger partial charge in [-0.15, -0.1) is 0 Å². The van der Waals surface area contributed by atoms with Crippen LogP contribution in [0.2, 0.25) is 0 Å². The predicted octanol–water partition coefficient (Wildman–Crippen LogP) is 1.16. The second-order valence-electron chi connectivity index (χ2n) is 6.06. The first-order valence-electron chi connectivity index (χ1n) is 8.35. The molecule has 2 atom stereocenters. The Kier molecular flexibility index (Phi) is 8.46. The molecule has 2 unspecified atom stereocenters. The zero-order valence-electron chi connectivity index (χ0n) is 15.2. The first-order chi connectivity index (χ1) is 12.5. The molecule has 3 aromatic rings. The number of rotatable bonds is 7. The van der Waals surface area contributed by atoms with Crippen molar-refractivity contribution in [2.24, 2.45) is 0 Å². The summed E-state index contributed by atoms with van der Waals surface area (Å²) in [5.41, 5.74) is 3.38. The third-order valence-corrected chi connectivity index (χ3v) is 5.39. The van der Waals surface area contributed by atoms with E-state index in [0.29, 0.717) is 5.56 Å². The monoisotopic (exact) mass is 390 g/mol. The Hall–Kier alpha value is -1.23. The molecule has 0 saturated heterocycles. The van der Waals surface area contributed by atoms with Gasteiger partial charge in [-0.1, -0.05) is 84.9 Å². The van der Waals surface area contributed by atoms with Gasteiger partial charge in [-0.3, -0.25) is 0 Å². The molecule has 0 aromatic heterocycles. The van der Waals surface area contributed by atoms with Gasteiger partial charge in [0, 0.05) is 6.16 Å². The van der Waals surface area contributed by atoms with Crippen molar-refractivity contribution in [2.45, 2.75) is 12.7 Å². The van der Waals surface area contributed by atoms with Crippen LogP contribution in [-0.2, 0) is 15.7 Å². The maximum atomic E-state index is 12.1. The van der Waals surface area contributed by atoms with Crippen LogP contribution in [0.15, 0.2) is 84.9 Å². The fourth-order valence-electron chi connectivity index (χ4n) is 2.65. The van der Waals surface area contributed by atoms with Crippen LogP contribution in [0.4, 0.5) is 0 Å². The van der Waals surface area contributed by atoms with Crippen LogP contribution < -0.4 is 34.5 Å². The minimum Gasteiger partial charge on any atom is -0.778 e. The van der Waals surface area contributed by atoms with Crippen LogP contribution >= 0.6 is 7.60 Å². The minimum absolute atomic E-state index is 0. The van der Waals surface area contributed by atoms with Crippen molar-refractivity contribution in [3.8, 4) is 11.1 Å². The summed E-state index contributed by atoms with van der Waals surface area (Å²) in [4.78, 5) is 12.1. The van der Waals surface area contributed by atoms with Gasteiger partial charge in [0.25, 0.3) is 0 Å². The Bertz CT molecular complexity index is 870. The SMILES string of the molecule is O=P([O-])(CC(O)c1ccc(-c2ccccc2)cc1)OCc1ccccc1.[Na+]. The summed E-state index contributed by atoms with van der Waals surface area (Å²) in [6.07, 6.45) is -1.58. The molecule has 0 radical (unpaired) electrons. The Labute approximate surface area is 181 Å². The van der Waals surface area contributed by atoms with E-state index in [4.69, 9.17) is 4.52 Å². The third-order valence-electron chi connectivity index (χ3n) is 4.07. The summed E-state index contributed by atoms with van der Waals surface area (Å²) >= 11 is 0. The van der Waals surface area contributed by atoms with Gasteiger partial charge in [-0.2, -0.15) is 0 Å². The zero-order valence-corrected chi connectivity index (χ0v) is 18.1. The number of hydrogen-bond donors (Lipinski definition) is 1. The van der Waals surface area contributed by atoms with E-state index in [0.717, 1.165) is 16.7 Å². The van der Waals surface area contributed by atoms with E-state index in [1.54, 1.807) is 24.3 Å². The van der Waals surface area contributed by atoms with E-state index in [2.05, 4.69) is 0 Å². The molecular formula is C21H20NaO4P. The largest absolute Gasteiger partial charge is 1.00 e. The van der Waals surface area contributed by atoms with E-state index >= 15 is 0 Å². The molecule has 0 bridgehead atoms. The van der Waals surface area contributed by atoms with Crippen LogP contribution in [0.3, 0.4) is 0 Å². The van der Waals surface area contributed by atoms with E-state index in [1.165, 1.54) is 0 Å². The van der Waals surface area contributed by atoms with Crippen LogP contribution in [0.1, 0.15) is 17.2 Å². The van der Waals surface area contributed by atoms with Crippen molar-refractivity contribution in [3.05, 3.63) is 96.1 Å². The first kappa shape index (κ1) is 22.1. The summed E-state index contributed by atoms with van der Waals surface area (Å²) in [7, 11) is -4.15. The topological polar surface area (TPSA) is 69.6 Å². The molecule has 0 saturated carbocycles. The molecule has 27 heavy (non-hydrogen) atoms. The molecule has 0 aliphatic carbocycles. The van der Waals surface area contributed by atoms with Gasteiger partial charge in [-0.25, -0.2) is 0 Å². The van der Waals surface area contributed by atoms with Crippen LogP contribution in [-0.4, -0.2) is 11.3 Å². The number of aliphatic hydroxyl groups is 1. The van der Waals surface area contributed by atoms with E-state index < -0.39 is 19.9 Å². The third kappa shape index (κ3) is 6.70. The van der Waals surface area contributed by atoms with Crippen molar-refractivity contribution in [2.75, 3.05) is 6.16 Å². The van der Waals surface area contributed by atoms with E-state index in [-0.39, 0.29) is 36.2 Å². The van der Waals surface area contributed by atoms with Gasteiger partial charge in [0.15, 0.2) is 0 Å². The molecule has 0 spiro atoms. The average Bonchev–Trinajstić information content (AvgIpc) is 2.68. The molecule has 0 fully saturated rings. The predicted molar refractivity (Wildman–Crippen MR) is 101 cm³/mol. The molecule has 0 heterocycles. The number of benzene rings is 3. The van der Waals surface area contributed by atoms with Gasteiger partial charge in [-0.05, 0) is 22.3 Å². The van der Waals surface area contributed by atoms with Crippen molar-refractivity contribution in [1.29, 1.82) is 0 Å². The molecule has 6 heteroatoms. The summed E-state index contributed by atoms with van der Waals surface area (Å²) in [6.45, 7) is -0.0265. The fourth-order valence-corrected chi connectivity index (χ4v) is 3.73. The molecule has 0 aliphatic rings. The smallest absolute Gasteiger partial charge is 0.778 e. The quantitative estimate of drug-likeness (QED) is 0.486. The molecule has 0 aliphatic heterocycles. The van der Waals surface area contributed by atoms with Crippen LogP contribution in [0, 0.1) is 0 Å². The normalized spacial score (nSPS) is 14.0. The van der Waals surface area contributed by atoms with Gasteiger partial charge >= 0.3 is 29.6 Å². The van der Waals surface area contributed by atoms with Crippen LogP contribution in [0.25, 0.3) is 11.1 Å². The summed E-state index contributed by atoms with van der Waals surface area (Å²) in [6, 6.07) is 26.1. The van der Waals surface area contributed by atoms with Gasteiger partial charge < -0.3 is 19.1 Å². The first-order valence-corrected chi connectivity index (χ1v) is 10.1. The van der Waals surface area contributed by atoms with Gasteiger partial charge in [0.1, 0.15) is 7.60 Å². The Morgan fingerprint density at radius 2 is 1.37 bits per heavy atom. The van der Waals surface area contributed by atoms with Crippen molar-refractivity contribution in [3.63, 3.8) is 0 Å². The van der Waals surface area contributed by atoms with Crippen molar-refractivity contribution >= 4 is 7.60 Å². The molecule has 3 aromatic carbocycles. The minimum atomic E-state index is -4.15. The Morgan fingerprint density at radius 3 is 1.96 bits per heavy atom. The second-order valence-corrected chi connectivity index (χ2v) is 7.90. The second kappa shape index (κ2) is 10.4. The van der Waals surface area contributed by atoms with Crippen molar-refractivity contribution < 1.29 is 48.6 Å². The summed E-state index contributed by atoms with van der Waals surface area (Å²) < 4.78 is 17.2. The molecule has 134 valence electrons. The van der Waals surface area contributed by atoms with Crippen molar-refractivity contribution in [1.82, 2.24) is 0 Å². The molecular weight excluding hydrogens is 370 g/mol. The maximum absolute atomic E-state index is 12.1. The van der Waals surface area contributed by atoms with Gasteiger partial charge in [0.2, 0.25) is 0 Å². The number of aliphatic hydroxyl groups excluding tert-OH is 1. The van der Waals surface area contributed by atoms with Gasteiger partial charge in [0.05, 0.1) is 12.7 Å².